The molecule has 1 amide bonds. The van der Waals surface area contributed by atoms with Crippen LogP contribution < -0.4 is 10.1 Å². The molecular weight excluding hydrogens is 372 g/mol. The fraction of sp³-hybridized carbons (Fsp3) is 0.591. The molecule has 1 aliphatic heterocycles. The summed E-state index contributed by atoms with van der Waals surface area (Å²) in [5, 5.41) is 12.3. The summed E-state index contributed by atoms with van der Waals surface area (Å²) in [5.74, 6) is -0.387. The normalized spacial score (nSPS) is 21.6. The number of carbonyl (C=O) groups is 2. The second-order valence-corrected chi connectivity index (χ2v) is 7.76. The van der Waals surface area contributed by atoms with E-state index in [9.17, 15) is 14.9 Å². The quantitative estimate of drug-likeness (QED) is 0.706. The minimum atomic E-state index is -0.981. The van der Waals surface area contributed by atoms with Gasteiger partial charge in [0.05, 0.1) is 17.7 Å². The summed E-state index contributed by atoms with van der Waals surface area (Å²) in [6.07, 6.45) is 5.33. The molecule has 2 fully saturated rings. The zero-order chi connectivity index (χ0) is 20.7. The van der Waals surface area contributed by atoms with E-state index in [1.807, 2.05) is 0 Å². The van der Waals surface area contributed by atoms with Gasteiger partial charge in [0.2, 0.25) is 0 Å². The number of nitriles is 1. The summed E-state index contributed by atoms with van der Waals surface area (Å²) in [6, 6.07) is 8.84. The Morgan fingerprint density at radius 2 is 1.97 bits per heavy atom. The molecule has 7 nitrogen and oxygen atoms in total. The van der Waals surface area contributed by atoms with E-state index in [1.54, 1.807) is 24.3 Å². The third-order valence-corrected chi connectivity index (χ3v) is 5.49. The molecule has 0 bridgehead atoms. The predicted octanol–water partition coefficient (Wildman–Crippen LogP) is 3.13. The first-order chi connectivity index (χ1) is 14.0. The van der Waals surface area contributed by atoms with Gasteiger partial charge in [0.1, 0.15) is 17.9 Å². The zero-order valence-corrected chi connectivity index (χ0v) is 16.8. The van der Waals surface area contributed by atoms with Crippen LogP contribution in [-0.2, 0) is 14.3 Å². The Kier molecular flexibility index (Phi) is 7.10. The fourth-order valence-corrected chi connectivity index (χ4v) is 3.69. The summed E-state index contributed by atoms with van der Waals surface area (Å²) >= 11 is 0. The Morgan fingerprint density at radius 3 is 2.59 bits per heavy atom. The molecule has 0 aromatic heterocycles. The van der Waals surface area contributed by atoms with Crippen molar-refractivity contribution in [1.29, 1.82) is 5.26 Å². The van der Waals surface area contributed by atoms with Gasteiger partial charge in [-0.3, -0.25) is 4.79 Å². The SMILES string of the molecule is C[C@@H](OC(=O)c1ccc(OC[C@H]2CCCO2)cc1)C(=O)NC1(C#N)CCCCC1. The van der Waals surface area contributed by atoms with Gasteiger partial charge in [-0.25, -0.2) is 4.79 Å². The van der Waals surface area contributed by atoms with E-state index in [0.29, 0.717) is 30.8 Å². The second kappa shape index (κ2) is 9.75. The van der Waals surface area contributed by atoms with Crippen LogP contribution in [0.2, 0.25) is 0 Å². The van der Waals surface area contributed by atoms with E-state index in [2.05, 4.69) is 11.4 Å². The molecule has 1 N–H and O–H groups in total. The molecule has 1 saturated carbocycles. The molecule has 0 radical (unpaired) electrons. The van der Waals surface area contributed by atoms with Crippen LogP contribution in [0.15, 0.2) is 24.3 Å². The van der Waals surface area contributed by atoms with E-state index in [1.165, 1.54) is 6.92 Å². The summed E-state index contributed by atoms with van der Waals surface area (Å²) in [6.45, 7) is 2.78. The summed E-state index contributed by atoms with van der Waals surface area (Å²) in [4.78, 5) is 24.8. The minimum absolute atomic E-state index is 0.125. The highest BCUT2D eigenvalue weighted by Crippen LogP contribution is 2.27. The predicted molar refractivity (Wildman–Crippen MR) is 105 cm³/mol. The summed E-state index contributed by atoms with van der Waals surface area (Å²) in [5.41, 5.74) is -0.514. The van der Waals surface area contributed by atoms with Crippen molar-refractivity contribution in [2.75, 3.05) is 13.2 Å². The lowest BCUT2D eigenvalue weighted by Gasteiger charge is -2.32. The van der Waals surface area contributed by atoms with Gasteiger partial charge in [-0.15, -0.1) is 0 Å². The zero-order valence-electron chi connectivity index (χ0n) is 16.8. The van der Waals surface area contributed by atoms with Gasteiger partial charge in [-0.2, -0.15) is 5.26 Å². The van der Waals surface area contributed by atoms with Crippen LogP contribution in [0.25, 0.3) is 0 Å². The van der Waals surface area contributed by atoms with Gasteiger partial charge in [0.15, 0.2) is 6.10 Å². The molecule has 0 spiro atoms. The average molecular weight is 400 g/mol. The molecule has 3 rings (SSSR count). The largest absolute Gasteiger partial charge is 0.491 e. The van der Waals surface area contributed by atoms with Crippen LogP contribution in [0.3, 0.4) is 0 Å². The third kappa shape index (κ3) is 5.70. The van der Waals surface area contributed by atoms with Crippen molar-refractivity contribution < 1.29 is 23.8 Å². The number of amides is 1. The lowest BCUT2D eigenvalue weighted by Crippen LogP contribution is -2.52. The smallest absolute Gasteiger partial charge is 0.338 e. The van der Waals surface area contributed by atoms with E-state index in [0.717, 1.165) is 38.7 Å². The van der Waals surface area contributed by atoms with Gasteiger partial charge in [0.25, 0.3) is 5.91 Å². The standard InChI is InChI=1S/C22H28N2O5/c1-16(20(25)24-22(15-23)11-3-2-4-12-22)29-21(26)17-7-9-18(10-8-17)28-14-19-6-5-13-27-19/h7-10,16,19H,2-6,11-14H2,1H3,(H,24,25)/t16-,19-/m1/s1. The van der Waals surface area contributed by atoms with Crippen molar-refractivity contribution >= 4 is 11.9 Å². The second-order valence-electron chi connectivity index (χ2n) is 7.76. The molecular formula is C22H28N2O5. The lowest BCUT2D eigenvalue weighted by molar-refractivity contribution is -0.130. The van der Waals surface area contributed by atoms with Crippen LogP contribution in [0.4, 0.5) is 0 Å². The van der Waals surface area contributed by atoms with Gasteiger partial charge in [-0.1, -0.05) is 19.3 Å². The van der Waals surface area contributed by atoms with E-state index < -0.39 is 23.5 Å². The van der Waals surface area contributed by atoms with Crippen LogP contribution in [-0.4, -0.2) is 42.8 Å². The molecule has 1 aromatic carbocycles. The van der Waals surface area contributed by atoms with Crippen molar-refractivity contribution in [3.8, 4) is 11.8 Å². The van der Waals surface area contributed by atoms with Crippen LogP contribution in [0, 0.1) is 11.3 Å². The number of ether oxygens (including phenoxy) is 3. The maximum atomic E-state index is 12.4. The lowest BCUT2D eigenvalue weighted by atomic mass is 9.83. The number of nitrogens with one attached hydrogen (secondary N) is 1. The van der Waals surface area contributed by atoms with Crippen LogP contribution in [0.5, 0.6) is 5.75 Å². The fourth-order valence-electron chi connectivity index (χ4n) is 3.69. The Bertz CT molecular complexity index is 743. The van der Waals surface area contributed by atoms with E-state index in [-0.39, 0.29) is 6.10 Å². The summed E-state index contributed by atoms with van der Waals surface area (Å²) in [7, 11) is 0. The molecule has 1 saturated heterocycles. The van der Waals surface area contributed by atoms with E-state index in [4.69, 9.17) is 14.2 Å². The number of esters is 1. The number of hydrogen-bond acceptors (Lipinski definition) is 6. The van der Waals surface area contributed by atoms with E-state index >= 15 is 0 Å². The van der Waals surface area contributed by atoms with Crippen molar-refractivity contribution in [2.45, 2.75) is 69.6 Å². The highest BCUT2D eigenvalue weighted by molar-refractivity contribution is 5.92. The highest BCUT2D eigenvalue weighted by Gasteiger charge is 2.35. The monoisotopic (exact) mass is 400 g/mol. The third-order valence-electron chi connectivity index (χ3n) is 5.49. The number of rotatable bonds is 7. The van der Waals surface area contributed by atoms with Gasteiger partial charge >= 0.3 is 5.97 Å². The van der Waals surface area contributed by atoms with Crippen molar-refractivity contribution in [3.63, 3.8) is 0 Å². The van der Waals surface area contributed by atoms with Crippen LogP contribution >= 0.6 is 0 Å². The van der Waals surface area contributed by atoms with Crippen molar-refractivity contribution in [3.05, 3.63) is 29.8 Å². The molecule has 7 heteroatoms. The molecule has 1 aliphatic carbocycles. The molecule has 29 heavy (non-hydrogen) atoms. The molecule has 0 unspecified atom stereocenters. The minimum Gasteiger partial charge on any atom is -0.491 e. The molecule has 1 heterocycles. The Balaban J connectivity index is 1.49. The number of nitrogens with zero attached hydrogens (tertiary/aromatic N) is 1. The first-order valence-electron chi connectivity index (χ1n) is 10.3. The van der Waals surface area contributed by atoms with Gasteiger partial charge in [-0.05, 0) is 56.9 Å². The topological polar surface area (TPSA) is 97.7 Å². The molecule has 2 atom stereocenters. The molecule has 2 aliphatic rings. The highest BCUT2D eigenvalue weighted by atomic mass is 16.5. The Morgan fingerprint density at radius 1 is 1.24 bits per heavy atom. The Labute approximate surface area is 171 Å². The number of carbonyl (C=O) groups excluding carboxylic acids is 2. The van der Waals surface area contributed by atoms with Gasteiger partial charge < -0.3 is 19.5 Å². The molecule has 156 valence electrons. The average Bonchev–Trinajstić information content (AvgIpc) is 3.27. The van der Waals surface area contributed by atoms with Crippen LogP contribution in [0.1, 0.15) is 62.2 Å². The summed E-state index contributed by atoms with van der Waals surface area (Å²) < 4.78 is 16.5. The first-order valence-corrected chi connectivity index (χ1v) is 10.3. The number of hydrogen-bond donors (Lipinski definition) is 1. The van der Waals surface area contributed by atoms with Crippen molar-refractivity contribution in [2.24, 2.45) is 0 Å². The Hall–Kier alpha value is -2.59. The molecule has 1 aromatic rings. The van der Waals surface area contributed by atoms with Crippen molar-refractivity contribution in [1.82, 2.24) is 5.32 Å². The number of benzene rings is 1. The van der Waals surface area contributed by atoms with Gasteiger partial charge in [0, 0.05) is 6.61 Å². The maximum Gasteiger partial charge on any atom is 0.338 e. The first kappa shape index (κ1) is 21.1. The maximum absolute atomic E-state index is 12.4.